The second kappa shape index (κ2) is 10.0. The van der Waals surface area contributed by atoms with E-state index in [0.29, 0.717) is 18.8 Å². The summed E-state index contributed by atoms with van der Waals surface area (Å²) in [5.74, 6) is -0.917. The number of amides is 1. The van der Waals surface area contributed by atoms with E-state index in [9.17, 15) is 26.4 Å². The van der Waals surface area contributed by atoms with Crippen LogP contribution in [0.3, 0.4) is 0 Å². The molecule has 1 heterocycles. The van der Waals surface area contributed by atoms with E-state index in [0.717, 1.165) is 0 Å². The zero-order valence-corrected chi connectivity index (χ0v) is 17.6. The number of hydrogen-bond acceptors (Lipinski definition) is 8. The number of nitrogens with one attached hydrogen (secondary N) is 2. The SMILES string of the molecule is CCOc1ccc(S(=O)(=O)NCCC(=O)OCC(=O)NC2CCS(=O)(=O)C2)cc1. The van der Waals surface area contributed by atoms with Gasteiger partial charge in [-0.2, -0.15) is 0 Å². The highest BCUT2D eigenvalue weighted by molar-refractivity contribution is 7.91. The van der Waals surface area contributed by atoms with Crippen molar-refractivity contribution < 1.29 is 35.9 Å². The molecule has 0 aromatic heterocycles. The summed E-state index contributed by atoms with van der Waals surface area (Å²) >= 11 is 0. The molecule has 10 nitrogen and oxygen atoms in total. The van der Waals surface area contributed by atoms with E-state index in [2.05, 4.69) is 10.0 Å². The first-order valence-electron chi connectivity index (χ1n) is 8.99. The number of rotatable bonds is 10. The van der Waals surface area contributed by atoms with Gasteiger partial charge in [0.05, 0.1) is 29.4 Å². The lowest BCUT2D eigenvalue weighted by atomic mass is 10.2. The Morgan fingerprint density at radius 3 is 2.48 bits per heavy atom. The van der Waals surface area contributed by atoms with Gasteiger partial charge in [0.15, 0.2) is 16.4 Å². The fourth-order valence-corrected chi connectivity index (χ4v) is 5.35. The summed E-state index contributed by atoms with van der Waals surface area (Å²) in [4.78, 5) is 23.4. The van der Waals surface area contributed by atoms with Crippen LogP contribution in [0.2, 0.25) is 0 Å². The average molecular weight is 449 g/mol. The number of hydrogen-bond donors (Lipinski definition) is 2. The molecule has 1 atom stereocenters. The maximum Gasteiger partial charge on any atom is 0.307 e. The number of sulfonamides is 1. The van der Waals surface area contributed by atoms with Gasteiger partial charge < -0.3 is 14.8 Å². The van der Waals surface area contributed by atoms with Gasteiger partial charge in [-0.1, -0.05) is 0 Å². The van der Waals surface area contributed by atoms with Crippen molar-refractivity contribution in [2.24, 2.45) is 0 Å². The Labute approximate surface area is 169 Å². The topological polar surface area (TPSA) is 145 Å². The quantitative estimate of drug-likeness (QED) is 0.460. The van der Waals surface area contributed by atoms with Crippen LogP contribution in [-0.2, 0) is 34.2 Å². The lowest BCUT2D eigenvalue weighted by Gasteiger charge is -2.11. The first kappa shape index (κ1) is 23.1. The Morgan fingerprint density at radius 2 is 1.90 bits per heavy atom. The lowest BCUT2D eigenvalue weighted by molar-refractivity contribution is -0.148. The summed E-state index contributed by atoms with van der Waals surface area (Å²) in [6.07, 6.45) is 0.0662. The Hall–Kier alpha value is -2.18. The molecule has 0 bridgehead atoms. The van der Waals surface area contributed by atoms with Gasteiger partial charge in [-0.3, -0.25) is 9.59 Å². The Bertz CT molecular complexity index is 927. The van der Waals surface area contributed by atoms with Crippen LogP contribution in [0.25, 0.3) is 0 Å². The van der Waals surface area contributed by atoms with Gasteiger partial charge in [0, 0.05) is 12.6 Å². The Kier molecular flexibility index (Phi) is 7.99. The van der Waals surface area contributed by atoms with Gasteiger partial charge in [0.2, 0.25) is 10.0 Å². The van der Waals surface area contributed by atoms with E-state index in [4.69, 9.17) is 9.47 Å². The minimum absolute atomic E-state index is 0.0201. The highest BCUT2D eigenvalue weighted by atomic mass is 32.2. The minimum atomic E-state index is -3.80. The van der Waals surface area contributed by atoms with Crippen molar-refractivity contribution in [1.82, 2.24) is 10.0 Å². The number of benzene rings is 1. The highest BCUT2D eigenvalue weighted by Gasteiger charge is 2.29. The van der Waals surface area contributed by atoms with Crippen molar-refractivity contribution >= 4 is 31.7 Å². The predicted octanol–water partition coefficient (Wildman–Crippen LogP) is -0.400. The molecule has 2 rings (SSSR count). The van der Waals surface area contributed by atoms with Crippen LogP contribution in [-0.4, -0.2) is 66.0 Å². The van der Waals surface area contributed by atoms with Crippen molar-refractivity contribution in [3.8, 4) is 5.75 Å². The molecule has 0 saturated carbocycles. The van der Waals surface area contributed by atoms with Crippen molar-refractivity contribution in [3.05, 3.63) is 24.3 Å². The van der Waals surface area contributed by atoms with Gasteiger partial charge in [0.25, 0.3) is 5.91 Å². The molecule has 29 heavy (non-hydrogen) atoms. The summed E-state index contributed by atoms with van der Waals surface area (Å²) in [5.41, 5.74) is 0. The third-order valence-electron chi connectivity index (χ3n) is 4.03. The van der Waals surface area contributed by atoms with Crippen molar-refractivity contribution in [2.45, 2.75) is 30.7 Å². The van der Waals surface area contributed by atoms with Crippen LogP contribution < -0.4 is 14.8 Å². The maximum absolute atomic E-state index is 12.2. The minimum Gasteiger partial charge on any atom is -0.494 e. The molecule has 162 valence electrons. The van der Waals surface area contributed by atoms with Gasteiger partial charge in [-0.05, 0) is 37.6 Å². The number of carbonyl (C=O) groups is 2. The van der Waals surface area contributed by atoms with Crippen molar-refractivity contribution in [3.63, 3.8) is 0 Å². The Morgan fingerprint density at radius 1 is 1.21 bits per heavy atom. The van der Waals surface area contributed by atoms with Crippen LogP contribution in [0.5, 0.6) is 5.75 Å². The van der Waals surface area contributed by atoms with Gasteiger partial charge in [-0.15, -0.1) is 0 Å². The lowest BCUT2D eigenvalue weighted by Crippen LogP contribution is -2.38. The average Bonchev–Trinajstić information content (AvgIpc) is 2.99. The smallest absolute Gasteiger partial charge is 0.307 e. The van der Waals surface area contributed by atoms with Crippen LogP contribution in [0.4, 0.5) is 0 Å². The van der Waals surface area contributed by atoms with Crippen molar-refractivity contribution in [2.75, 3.05) is 31.3 Å². The zero-order valence-electron chi connectivity index (χ0n) is 15.9. The molecule has 1 aromatic rings. The summed E-state index contributed by atoms with van der Waals surface area (Å²) in [6, 6.07) is 5.35. The molecule has 2 N–H and O–H groups in total. The molecular weight excluding hydrogens is 424 g/mol. The largest absolute Gasteiger partial charge is 0.494 e. The summed E-state index contributed by atoms with van der Waals surface area (Å²) < 4.78 is 59.3. The van der Waals surface area contributed by atoms with Crippen LogP contribution in [0, 0.1) is 0 Å². The summed E-state index contributed by atoms with van der Waals surface area (Å²) in [6.45, 7) is 1.52. The number of sulfone groups is 1. The fraction of sp³-hybridized carbons (Fsp3) is 0.529. The van der Waals surface area contributed by atoms with E-state index in [1.807, 2.05) is 6.92 Å². The molecule has 0 radical (unpaired) electrons. The normalized spacial score (nSPS) is 18.2. The van der Waals surface area contributed by atoms with Crippen LogP contribution >= 0.6 is 0 Å². The number of ether oxygens (including phenoxy) is 2. The predicted molar refractivity (Wildman–Crippen MR) is 104 cm³/mol. The molecule has 0 spiro atoms. The molecule has 0 aliphatic carbocycles. The first-order valence-corrected chi connectivity index (χ1v) is 12.3. The zero-order chi connectivity index (χ0) is 21.5. The van der Waals surface area contributed by atoms with Gasteiger partial charge >= 0.3 is 5.97 Å². The third kappa shape index (κ3) is 7.63. The van der Waals surface area contributed by atoms with Crippen molar-refractivity contribution in [1.29, 1.82) is 0 Å². The second-order valence-corrected chi connectivity index (χ2v) is 10.4. The standard InChI is InChI=1S/C17H24N2O8S2/c1-2-26-14-3-5-15(6-4-14)29(24,25)18-9-7-17(21)27-11-16(20)19-13-8-10-28(22,23)12-13/h3-6,13,18H,2,7-12H2,1H3,(H,19,20). The van der Waals surface area contributed by atoms with E-state index >= 15 is 0 Å². The molecule has 1 fully saturated rings. The highest BCUT2D eigenvalue weighted by Crippen LogP contribution is 2.15. The molecule has 12 heteroatoms. The fourth-order valence-electron chi connectivity index (χ4n) is 2.65. The number of carbonyl (C=O) groups excluding carboxylic acids is 2. The van der Waals surface area contributed by atoms with E-state index < -0.39 is 44.4 Å². The summed E-state index contributed by atoms with van der Waals surface area (Å²) in [7, 11) is -6.92. The van der Waals surface area contributed by atoms with Gasteiger partial charge in [0.1, 0.15) is 5.75 Å². The van der Waals surface area contributed by atoms with E-state index in [1.165, 1.54) is 24.3 Å². The molecule has 1 aromatic carbocycles. The molecule has 1 aliphatic rings. The molecule has 1 unspecified atom stereocenters. The molecule has 1 amide bonds. The third-order valence-corrected chi connectivity index (χ3v) is 7.27. The first-order chi connectivity index (χ1) is 13.6. The molecule has 1 aliphatic heterocycles. The Balaban J connectivity index is 1.70. The number of esters is 1. The van der Waals surface area contributed by atoms with E-state index in [1.54, 1.807) is 0 Å². The molecule has 1 saturated heterocycles. The van der Waals surface area contributed by atoms with Gasteiger partial charge in [-0.25, -0.2) is 21.6 Å². The maximum atomic E-state index is 12.2. The molecular formula is C17H24N2O8S2. The monoisotopic (exact) mass is 448 g/mol. The van der Waals surface area contributed by atoms with E-state index in [-0.39, 0.29) is 29.4 Å². The summed E-state index contributed by atoms with van der Waals surface area (Å²) in [5, 5.41) is 2.49. The van der Waals surface area contributed by atoms with Crippen LogP contribution in [0.1, 0.15) is 19.8 Å². The second-order valence-electron chi connectivity index (χ2n) is 6.38. The van der Waals surface area contributed by atoms with Crippen LogP contribution in [0.15, 0.2) is 29.2 Å².